The lowest BCUT2D eigenvalue weighted by molar-refractivity contribution is -0.124. The number of nitrogens with zero attached hydrogens (tertiary/aromatic N) is 2. The zero-order valence-electron chi connectivity index (χ0n) is 16.6. The second kappa shape index (κ2) is 7.59. The van der Waals surface area contributed by atoms with E-state index >= 15 is 0 Å². The van der Waals surface area contributed by atoms with Crippen LogP contribution in [0.2, 0.25) is 10.0 Å². The standard InChI is InChI=1S/C24H18Cl2N2O2S/c1-15-22(29)28(19-6-4-5-18(26)13-19)24(31-15)20-7-2-3-8-21(20)27(23(24)30)14-16-9-11-17(25)12-10-16/h2-13,15H,14H2,1H3/t15-,24+/m1/s1. The number of hydrogen-bond acceptors (Lipinski definition) is 3. The van der Waals surface area contributed by atoms with Crippen molar-refractivity contribution in [2.75, 3.05) is 9.80 Å². The van der Waals surface area contributed by atoms with Crippen LogP contribution < -0.4 is 9.80 Å². The van der Waals surface area contributed by atoms with Gasteiger partial charge in [-0.25, -0.2) is 0 Å². The average Bonchev–Trinajstić information content (AvgIpc) is 3.16. The Morgan fingerprint density at radius 3 is 2.42 bits per heavy atom. The first-order valence-corrected chi connectivity index (χ1v) is 11.5. The maximum absolute atomic E-state index is 14.1. The normalized spacial score (nSPS) is 22.5. The van der Waals surface area contributed by atoms with Gasteiger partial charge in [0.15, 0.2) is 0 Å². The second-order valence-electron chi connectivity index (χ2n) is 7.59. The van der Waals surface area contributed by atoms with Gasteiger partial charge in [0.25, 0.3) is 5.91 Å². The number of carbonyl (C=O) groups excluding carboxylic acids is 2. The van der Waals surface area contributed by atoms with Crippen molar-refractivity contribution < 1.29 is 9.59 Å². The van der Waals surface area contributed by atoms with Gasteiger partial charge in [-0.05, 0) is 48.9 Å². The van der Waals surface area contributed by atoms with E-state index in [0.29, 0.717) is 22.3 Å². The summed E-state index contributed by atoms with van der Waals surface area (Å²) in [6, 6.07) is 22.2. The molecule has 0 radical (unpaired) electrons. The number of fused-ring (bicyclic) bond motifs is 2. The molecule has 1 saturated heterocycles. The summed E-state index contributed by atoms with van der Waals surface area (Å²) in [5, 5.41) is 0.791. The summed E-state index contributed by atoms with van der Waals surface area (Å²) in [6.45, 7) is 2.23. The second-order valence-corrected chi connectivity index (χ2v) is 10.00. The number of thioether (sulfide) groups is 1. The highest BCUT2D eigenvalue weighted by Gasteiger charge is 2.63. The van der Waals surface area contributed by atoms with Gasteiger partial charge >= 0.3 is 0 Å². The third-order valence-electron chi connectivity index (χ3n) is 5.65. The Labute approximate surface area is 194 Å². The third-order valence-corrected chi connectivity index (χ3v) is 7.61. The number of rotatable bonds is 3. The van der Waals surface area contributed by atoms with Crippen molar-refractivity contribution in [3.63, 3.8) is 0 Å². The molecule has 5 rings (SSSR count). The van der Waals surface area contributed by atoms with Crippen molar-refractivity contribution in [3.8, 4) is 0 Å². The number of para-hydroxylation sites is 1. The number of benzene rings is 3. The van der Waals surface area contributed by atoms with E-state index in [2.05, 4.69) is 0 Å². The van der Waals surface area contributed by atoms with Crippen LogP contribution in [0.3, 0.4) is 0 Å². The molecule has 0 unspecified atom stereocenters. The number of amides is 2. The molecule has 156 valence electrons. The molecule has 4 nitrogen and oxygen atoms in total. The predicted octanol–water partition coefficient (Wildman–Crippen LogP) is 5.86. The van der Waals surface area contributed by atoms with Gasteiger partial charge in [0, 0.05) is 21.3 Å². The van der Waals surface area contributed by atoms with E-state index in [4.69, 9.17) is 23.2 Å². The minimum atomic E-state index is -1.16. The van der Waals surface area contributed by atoms with Crippen molar-refractivity contribution in [2.45, 2.75) is 23.6 Å². The van der Waals surface area contributed by atoms with Gasteiger partial charge in [0.05, 0.1) is 17.5 Å². The van der Waals surface area contributed by atoms with Gasteiger partial charge in [-0.2, -0.15) is 0 Å². The fourth-order valence-electron chi connectivity index (χ4n) is 4.28. The van der Waals surface area contributed by atoms with Crippen molar-refractivity contribution in [2.24, 2.45) is 0 Å². The van der Waals surface area contributed by atoms with Crippen molar-refractivity contribution >= 4 is 58.2 Å². The summed E-state index contributed by atoms with van der Waals surface area (Å²) >= 11 is 13.6. The van der Waals surface area contributed by atoms with E-state index in [1.807, 2.05) is 61.5 Å². The van der Waals surface area contributed by atoms with Crippen LogP contribution >= 0.6 is 35.0 Å². The molecular formula is C24H18Cl2N2O2S. The third kappa shape index (κ3) is 3.15. The molecule has 7 heteroatoms. The first-order valence-electron chi connectivity index (χ1n) is 9.85. The Balaban J connectivity index is 1.66. The van der Waals surface area contributed by atoms with Crippen LogP contribution in [0.25, 0.3) is 0 Å². The molecule has 0 aliphatic carbocycles. The highest BCUT2D eigenvalue weighted by molar-refractivity contribution is 8.03. The molecule has 3 aromatic carbocycles. The Kier molecular flexibility index (Phi) is 5.00. The van der Waals surface area contributed by atoms with Crippen molar-refractivity contribution in [3.05, 3.63) is 94.0 Å². The number of carbonyl (C=O) groups is 2. The summed E-state index contributed by atoms with van der Waals surface area (Å²) in [6.07, 6.45) is 0. The Morgan fingerprint density at radius 1 is 0.935 bits per heavy atom. The number of hydrogen-bond donors (Lipinski definition) is 0. The zero-order valence-corrected chi connectivity index (χ0v) is 18.9. The largest absolute Gasteiger partial charge is 0.304 e. The van der Waals surface area contributed by atoms with Crippen LogP contribution in [0, 0.1) is 0 Å². The summed E-state index contributed by atoms with van der Waals surface area (Å²) < 4.78 is 0. The van der Waals surface area contributed by atoms with Gasteiger partial charge in [-0.15, -0.1) is 11.8 Å². The molecular weight excluding hydrogens is 451 g/mol. The molecule has 0 bridgehead atoms. The smallest absolute Gasteiger partial charge is 0.269 e. The average molecular weight is 469 g/mol. The predicted molar refractivity (Wildman–Crippen MR) is 127 cm³/mol. The minimum Gasteiger partial charge on any atom is -0.304 e. The van der Waals surface area contributed by atoms with Crippen LogP contribution in [0.4, 0.5) is 11.4 Å². The molecule has 0 aromatic heterocycles. The molecule has 2 aliphatic rings. The highest BCUT2D eigenvalue weighted by atomic mass is 35.5. The monoisotopic (exact) mass is 468 g/mol. The molecule has 2 amide bonds. The van der Waals surface area contributed by atoms with Gasteiger partial charge in [-0.1, -0.05) is 59.6 Å². The fourth-order valence-corrected chi connectivity index (χ4v) is 6.12. The van der Waals surface area contributed by atoms with E-state index in [1.165, 1.54) is 11.8 Å². The first kappa shape index (κ1) is 20.4. The summed E-state index contributed by atoms with van der Waals surface area (Å²) in [5.41, 5.74) is 3.20. The van der Waals surface area contributed by atoms with Gasteiger partial charge in [0.1, 0.15) is 0 Å². The van der Waals surface area contributed by atoms with Crippen molar-refractivity contribution in [1.29, 1.82) is 0 Å². The topological polar surface area (TPSA) is 40.6 Å². The lowest BCUT2D eigenvalue weighted by atomic mass is 10.0. The van der Waals surface area contributed by atoms with Crippen LogP contribution in [0.1, 0.15) is 18.1 Å². The molecule has 1 spiro atoms. The highest BCUT2D eigenvalue weighted by Crippen LogP contribution is 2.58. The van der Waals surface area contributed by atoms with Crippen LogP contribution in [-0.4, -0.2) is 17.1 Å². The SMILES string of the molecule is C[C@H]1S[C@@]2(C(=O)N(Cc3ccc(Cl)cc3)c3ccccc32)N(c2cccc(Cl)c2)C1=O. The summed E-state index contributed by atoms with van der Waals surface area (Å²) in [4.78, 5) is 29.6. The maximum Gasteiger partial charge on any atom is 0.269 e. The zero-order chi connectivity index (χ0) is 21.8. The molecule has 0 N–H and O–H groups in total. The fraction of sp³-hybridized carbons (Fsp3) is 0.167. The van der Waals surface area contributed by atoms with E-state index in [-0.39, 0.29) is 17.1 Å². The van der Waals surface area contributed by atoms with Crippen LogP contribution in [-0.2, 0) is 21.0 Å². The van der Waals surface area contributed by atoms with Crippen molar-refractivity contribution in [1.82, 2.24) is 0 Å². The summed E-state index contributed by atoms with van der Waals surface area (Å²) in [7, 11) is 0. The van der Waals surface area contributed by atoms with Gasteiger partial charge < -0.3 is 4.90 Å². The van der Waals surface area contributed by atoms with E-state index < -0.39 is 4.87 Å². The van der Waals surface area contributed by atoms with Crippen LogP contribution in [0.15, 0.2) is 72.8 Å². The lowest BCUT2D eigenvalue weighted by Gasteiger charge is -2.33. The van der Waals surface area contributed by atoms with Gasteiger partial charge in [-0.3, -0.25) is 14.5 Å². The number of anilines is 2. The molecule has 2 aliphatic heterocycles. The molecule has 2 atom stereocenters. The Hall–Kier alpha value is -2.47. The molecule has 2 heterocycles. The quantitative estimate of drug-likeness (QED) is 0.483. The van der Waals surface area contributed by atoms with E-state index in [9.17, 15) is 9.59 Å². The summed E-state index contributed by atoms with van der Waals surface area (Å²) in [5.74, 6) is -0.241. The van der Waals surface area contributed by atoms with E-state index in [1.54, 1.807) is 28.0 Å². The maximum atomic E-state index is 14.1. The Morgan fingerprint density at radius 2 is 1.68 bits per heavy atom. The van der Waals surface area contributed by atoms with E-state index in [0.717, 1.165) is 16.8 Å². The number of halogens is 2. The van der Waals surface area contributed by atoms with Gasteiger partial charge in [0.2, 0.25) is 10.8 Å². The minimum absolute atomic E-state index is 0.108. The molecule has 0 saturated carbocycles. The van der Waals surface area contributed by atoms with Crippen LogP contribution in [0.5, 0.6) is 0 Å². The lowest BCUT2D eigenvalue weighted by Crippen LogP contribution is -2.49. The molecule has 1 fully saturated rings. The first-order chi connectivity index (χ1) is 14.9. The Bertz CT molecular complexity index is 1200. The molecule has 3 aromatic rings. The molecule has 31 heavy (non-hydrogen) atoms.